The van der Waals surface area contributed by atoms with Gasteiger partial charge in [0.05, 0.1) is 17.7 Å². The number of fused-ring (bicyclic) bond motifs is 1. The van der Waals surface area contributed by atoms with Gasteiger partial charge in [-0.05, 0) is 55.0 Å². The summed E-state index contributed by atoms with van der Waals surface area (Å²) < 4.78 is 20.6. The molecule has 28 heavy (non-hydrogen) atoms. The Morgan fingerprint density at radius 3 is 2.86 bits per heavy atom. The minimum Gasteiger partial charge on any atom is -0.469 e. The SMILES string of the molecule is Cc1c(Cc2ccc(Cl)nc2)cc2c(c1F)OCN([C@H]1CCCC[C@@H]1O)C2=O. The van der Waals surface area contributed by atoms with Gasteiger partial charge < -0.3 is 9.84 Å². The number of aromatic nitrogens is 1. The Morgan fingerprint density at radius 2 is 2.14 bits per heavy atom. The highest BCUT2D eigenvalue weighted by atomic mass is 35.5. The van der Waals surface area contributed by atoms with Gasteiger partial charge in [0.25, 0.3) is 5.91 Å². The monoisotopic (exact) mass is 404 g/mol. The van der Waals surface area contributed by atoms with Gasteiger partial charge in [0.2, 0.25) is 0 Å². The van der Waals surface area contributed by atoms with Crippen LogP contribution in [0.25, 0.3) is 0 Å². The van der Waals surface area contributed by atoms with Crippen LogP contribution in [0.4, 0.5) is 4.39 Å². The van der Waals surface area contributed by atoms with Crippen LogP contribution in [-0.4, -0.2) is 39.8 Å². The van der Waals surface area contributed by atoms with Gasteiger partial charge in [-0.1, -0.05) is 30.5 Å². The Hall–Kier alpha value is -2.18. The van der Waals surface area contributed by atoms with Gasteiger partial charge in [0.1, 0.15) is 5.15 Å². The molecule has 148 valence electrons. The number of carbonyl (C=O) groups excluding carboxylic acids is 1. The molecule has 0 bridgehead atoms. The lowest BCUT2D eigenvalue weighted by molar-refractivity contribution is -0.0134. The molecule has 2 aliphatic rings. The van der Waals surface area contributed by atoms with E-state index in [9.17, 15) is 14.3 Å². The number of hydrogen-bond acceptors (Lipinski definition) is 4. The number of hydrogen-bond donors (Lipinski definition) is 1. The van der Waals surface area contributed by atoms with Crippen LogP contribution in [0, 0.1) is 12.7 Å². The van der Waals surface area contributed by atoms with Crippen molar-refractivity contribution in [3.8, 4) is 5.75 Å². The second-order valence-electron chi connectivity index (χ2n) is 7.48. The summed E-state index contributed by atoms with van der Waals surface area (Å²) in [5.41, 5.74) is 2.23. The molecular formula is C21H22ClFN2O3. The van der Waals surface area contributed by atoms with E-state index in [1.807, 2.05) is 6.07 Å². The van der Waals surface area contributed by atoms with Gasteiger partial charge in [0.15, 0.2) is 18.3 Å². The number of amides is 1. The van der Waals surface area contributed by atoms with Crippen LogP contribution >= 0.6 is 11.6 Å². The van der Waals surface area contributed by atoms with Crippen molar-refractivity contribution in [2.24, 2.45) is 0 Å². The molecule has 5 nitrogen and oxygen atoms in total. The summed E-state index contributed by atoms with van der Waals surface area (Å²) in [6.45, 7) is 1.64. The molecule has 1 aliphatic carbocycles. The Labute approximate surface area is 168 Å². The summed E-state index contributed by atoms with van der Waals surface area (Å²) in [4.78, 5) is 18.7. The quantitative estimate of drug-likeness (QED) is 0.789. The van der Waals surface area contributed by atoms with Gasteiger partial charge in [0, 0.05) is 6.20 Å². The smallest absolute Gasteiger partial charge is 0.260 e. The minimum atomic E-state index is -0.572. The normalized spacial score (nSPS) is 22.0. The molecular weight excluding hydrogens is 383 g/mol. The average Bonchev–Trinajstić information content (AvgIpc) is 2.69. The number of benzene rings is 1. The molecule has 0 radical (unpaired) electrons. The van der Waals surface area contributed by atoms with Crippen molar-refractivity contribution in [1.29, 1.82) is 0 Å². The van der Waals surface area contributed by atoms with Crippen LogP contribution < -0.4 is 4.74 Å². The molecule has 2 heterocycles. The van der Waals surface area contributed by atoms with E-state index < -0.39 is 11.9 Å². The third-order valence-corrected chi connectivity index (χ3v) is 5.91. The fourth-order valence-corrected chi connectivity index (χ4v) is 4.15. The Balaban J connectivity index is 1.67. The van der Waals surface area contributed by atoms with Gasteiger partial charge in [-0.2, -0.15) is 0 Å². The van der Waals surface area contributed by atoms with Crippen LogP contribution in [0.15, 0.2) is 24.4 Å². The van der Waals surface area contributed by atoms with E-state index in [-0.39, 0.29) is 30.0 Å². The molecule has 0 saturated heterocycles. The Morgan fingerprint density at radius 1 is 1.36 bits per heavy atom. The Bertz CT molecular complexity index is 904. The summed E-state index contributed by atoms with van der Waals surface area (Å²) in [6, 6.07) is 4.92. The fraction of sp³-hybridized carbons (Fsp3) is 0.429. The van der Waals surface area contributed by atoms with Gasteiger partial charge in [-0.3, -0.25) is 9.69 Å². The first-order valence-electron chi connectivity index (χ1n) is 9.50. The van der Waals surface area contributed by atoms with Crippen LogP contribution in [-0.2, 0) is 6.42 Å². The second kappa shape index (κ2) is 7.68. The molecule has 7 heteroatoms. The standard InChI is InChI=1S/C21H22ClFN2O3/c1-12-14(8-13-6-7-18(22)24-10-13)9-15-20(19(12)23)28-11-25(21(15)27)16-4-2-3-5-17(16)26/h6-7,9-10,16-17,26H,2-5,8,11H2,1H3/t16-,17-/m0/s1. The third-order valence-electron chi connectivity index (χ3n) is 5.69. The van der Waals surface area contributed by atoms with Gasteiger partial charge in [-0.25, -0.2) is 9.37 Å². The van der Waals surface area contributed by atoms with Crippen molar-refractivity contribution in [2.45, 2.75) is 51.2 Å². The number of rotatable bonds is 3. The number of pyridine rings is 1. The zero-order valence-electron chi connectivity index (χ0n) is 15.6. The molecule has 2 aromatic rings. The molecule has 1 saturated carbocycles. The predicted octanol–water partition coefficient (Wildman–Crippen LogP) is 3.87. The maximum atomic E-state index is 14.9. The summed E-state index contributed by atoms with van der Waals surface area (Å²) in [7, 11) is 0. The van der Waals surface area contributed by atoms with E-state index in [2.05, 4.69) is 4.98 Å². The van der Waals surface area contributed by atoms with E-state index >= 15 is 0 Å². The number of aliphatic hydroxyl groups is 1. The van der Waals surface area contributed by atoms with Crippen LogP contribution in [0.3, 0.4) is 0 Å². The lowest BCUT2D eigenvalue weighted by Crippen LogP contribution is -2.52. The van der Waals surface area contributed by atoms with Crippen LogP contribution in [0.1, 0.15) is 52.7 Å². The number of halogens is 2. The first-order chi connectivity index (χ1) is 13.5. The fourth-order valence-electron chi connectivity index (χ4n) is 4.04. The van der Waals surface area contributed by atoms with E-state index in [4.69, 9.17) is 16.3 Å². The molecule has 1 fully saturated rings. The lowest BCUT2D eigenvalue weighted by Gasteiger charge is -2.40. The molecule has 1 amide bonds. The van der Waals surface area contributed by atoms with Gasteiger partial charge >= 0.3 is 0 Å². The highest BCUT2D eigenvalue weighted by Gasteiger charge is 2.37. The van der Waals surface area contributed by atoms with Crippen LogP contribution in [0.2, 0.25) is 5.15 Å². The number of nitrogens with zero attached hydrogens (tertiary/aromatic N) is 2. The summed E-state index contributed by atoms with van der Waals surface area (Å²) in [5, 5.41) is 10.7. The van der Waals surface area contributed by atoms with Crippen molar-refractivity contribution in [3.63, 3.8) is 0 Å². The van der Waals surface area contributed by atoms with E-state index in [1.165, 1.54) is 4.90 Å². The topological polar surface area (TPSA) is 62.7 Å². The Kier molecular flexibility index (Phi) is 5.25. The predicted molar refractivity (Wildman–Crippen MR) is 103 cm³/mol. The lowest BCUT2D eigenvalue weighted by atomic mass is 9.90. The molecule has 1 aromatic heterocycles. The first kappa shape index (κ1) is 19.2. The second-order valence-corrected chi connectivity index (χ2v) is 7.87. The molecule has 4 rings (SSSR count). The zero-order valence-corrected chi connectivity index (χ0v) is 16.4. The van der Waals surface area contributed by atoms with Crippen molar-refractivity contribution < 1.29 is 19.0 Å². The van der Waals surface area contributed by atoms with Crippen molar-refractivity contribution in [2.75, 3.05) is 6.73 Å². The zero-order chi connectivity index (χ0) is 19.8. The van der Waals surface area contributed by atoms with E-state index in [0.717, 1.165) is 24.8 Å². The molecule has 1 aliphatic heterocycles. The molecule has 0 unspecified atom stereocenters. The van der Waals surface area contributed by atoms with E-state index in [1.54, 1.807) is 25.3 Å². The maximum Gasteiger partial charge on any atom is 0.260 e. The molecule has 1 aromatic carbocycles. The molecule has 2 atom stereocenters. The summed E-state index contributed by atoms with van der Waals surface area (Å²) in [5.74, 6) is -0.796. The van der Waals surface area contributed by atoms with Crippen LogP contribution in [0.5, 0.6) is 5.75 Å². The third kappa shape index (κ3) is 3.47. The molecule has 1 N–H and O–H groups in total. The van der Waals surface area contributed by atoms with Crippen molar-refractivity contribution >= 4 is 17.5 Å². The van der Waals surface area contributed by atoms with Gasteiger partial charge in [-0.15, -0.1) is 0 Å². The average molecular weight is 405 g/mol. The van der Waals surface area contributed by atoms with Crippen molar-refractivity contribution in [3.05, 3.63) is 57.6 Å². The van der Waals surface area contributed by atoms with Crippen molar-refractivity contribution in [1.82, 2.24) is 9.88 Å². The number of aliphatic hydroxyl groups excluding tert-OH is 1. The number of carbonyl (C=O) groups is 1. The van der Waals surface area contributed by atoms with E-state index in [0.29, 0.717) is 29.1 Å². The molecule has 0 spiro atoms. The summed E-state index contributed by atoms with van der Waals surface area (Å²) >= 11 is 5.83. The summed E-state index contributed by atoms with van der Waals surface area (Å²) in [6.07, 6.45) is 4.79. The maximum absolute atomic E-state index is 14.9. The minimum absolute atomic E-state index is 0.00188. The first-order valence-corrected chi connectivity index (χ1v) is 9.87. The highest BCUT2D eigenvalue weighted by molar-refractivity contribution is 6.29. The highest BCUT2D eigenvalue weighted by Crippen LogP contribution is 2.35. The number of ether oxygens (including phenoxy) is 1. The largest absolute Gasteiger partial charge is 0.469 e.